The Morgan fingerprint density at radius 1 is 0.931 bits per heavy atom. The van der Waals surface area contributed by atoms with Gasteiger partial charge in [-0.15, -0.1) is 0 Å². The van der Waals surface area contributed by atoms with E-state index in [1.54, 1.807) is 30.3 Å². The molecular weight excluding hydrogens is 495 g/mol. The smallest absolute Gasteiger partial charge is 0.127 e. The zero-order valence-corrected chi connectivity index (χ0v) is 18.9. The second-order valence-electron chi connectivity index (χ2n) is 6.78. The van der Waals surface area contributed by atoms with Crippen LogP contribution >= 0.6 is 50.7 Å². The Morgan fingerprint density at radius 2 is 1.69 bits per heavy atom. The van der Waals surface area contributed by atoms with E-state index in [0.717, 1.165) is 26.9 Å². The summed E-state index contributed by atoms with van der Waals surface area (Å²) in [5.74, 6) is 0.184. The van der Waals surface area contributed by atoms with Crippen LogP contribution in [0, 0.1) is 0 Å². The molecule has 0 bridgehead atoms. The molecule has 148 valence electrons. The fraction of sp³-hybridized carbons (Fsp3) is 0.136. The molecule has 0 fully saturated rings. The van der Waals surface area contributed by atoms with E-state index >= 15 is 0 Å². The summed E-state index contributed by atoms with van der Waals surface area (Å²) in [5.41, 5.74) is 3.44. The number of nitrogens with zero attached hydrogens (tertiary/aromatic N) is 1. The van der Waals surface area contributed by atoms with E-state index in [0.29, 0.717) is 21.5 Å². The van der Waals surface area contributed by atoms with Crippen LogP contribution in [0.2, 0.25) is 15.1 Å². The number of aliphatic imine (C=N–C) groups is 1. The van der Waals surface area contributed by atoms with Crippen molar-refractivity contribution < 1.29 is 5.11 Å². The largest absolute Gasteiger partial charge is 0.508 e. The van der Waals surface area contributed by atoms with E-state index in [9.17, 15) is 5.11 Å². The summed E-state index contributed by atoms with van der Waals surface area (Å²) in [4.78, 5) is 4.92. The Hall–Kier alpha value is -1.56. The maximum absolute atomic E-state index is 10.4. The first-order chi connectivity index (χ1) is 13.9. The zero-order valence-electron chi connectivity index (χ0n) is 15.0. The maximum Gasteiger partial charge on any atom is 0.127 e. The Bertz CT molecular complexity index is 1100. The number of nitrogens with one attached hydrogen (secondary N) is 1. The van der Waals surface area contributed by atoms with Gasteiger partial charge in [-0.3, -0.25) is 10.3 Å². The van der Waals surface area contributed by atoms with Crippen LogP contribution in [0.15, 0.2) is 70.1 Å². The summed E-state index contributed by atoms with van der Waals surface area (Å²) in [6.45, 7) is 0. The molecule has 0 saturated carbocycles. The minimum atomic E-state index is -0.397. The van der Waals surface area contributed by atoms with Crippen molar-refractivity contribution in [1.29, 1.82) is 0 Å². The van der Waals surface area contributed by atoms with Crippen molar-refractivity contribution in [3.8, 4) is 5.75 Å². The molecule has 0 aromatic heterocycles. The van der Waals surface area contributed by atoms with Crippen LogP contribution in [0.4, 0.5) is 0 Å². The summed E-state index contributed by atoms with van der Waals surface area (Å²) in [5, 5.41) is 15.6. The molecule has 3 aromatic rings. The third-order valence-electron chi connectivity index (χ3n) is 4.82. The number of rotatable bonds is 3. The minimum Gasteiger partial charge on any atom is -0.508 e. The summed E-state index contributed by atoms with van der Waals surface area (Å²) < 4.78 is 0.972. The molecular formula is C22H16BrCl3N2O. The van der Waals surface area contributed by atoms with Crippen molar-refractivity contribution in [2.24, 2.45) is 4.99 Å². The monoisotopic (exact) mass is 508 g/mol. The van der Waals surface area contributed by atoms with Gasteiger partial charge in [-0.1, -0.05) is 68.9 Å². The van der Waals surface area contributed by atoms with Crippen molar-refractivity contribution in [2.45, 2.75) is 18.6 Å². The first-order valence-corrected chi connectivity index (χ1v) is 10.9. The van der Waals surface area contributed by atoms with Crippen LogP contribution in [-0.2, 0) is 0 Å². The van der Waals surface area contributed by atoms with Crippen molar-refractivity contribution >= 4 is 56.4 Å². The fourth-order valence-electron chi connectivity index (χ4n) is 3.44. The van der Waals surface area contributed by atoms with Gasteiger partial charge in [0.25, 0.3) is 0 Å². The predicted molar refractivity (Wildman–Crippen MR) is 123 cm³/mol. The summed E-state index contributed by atoms with van der Waals surface area (Å²) in [7, 11) is 0. The molecule has 0 saturated heterocycles. The maximum atomic E-state index is 10.4. The molecule has 4 rings (SSSR count). The number of phenols is 1. The molecule has 7 heteroatoms. The number of halogens is 4. The normalized spacial score (nSPS) is 19.1. The third kappa shape index (κ3) is 4.62. The molecule has 29 heavy (non-hydrogen) atoms. The fourth-order valence-corrected chi connectivity index (χ4v) is 4.53. The van der Waals surface area contributed by atoms with E-state index in [2.05, 4.69) is 21.2 Å². The number of phenolic OH excluding ortho intramolecular Hbond substituents is 1. The Balaban J connectivity index is 1.81. The van der Waals surface area contributed by atoms with Crippen LogP contribution in [0.1, 0.15) is 35.3 Å². The summed E-state index contributed by atoms with van der Waals surface area (Å²) >= 11 is 22.2. The lowest BCUT2D eigenvalue weighted by atomic mass is 9.93. The van der Waals surface area contributed by atoms with Crippen molar-refractivity contribution in [2.75, 3.05) is 0 Å². The molecule has 1 aliphatic rings. The number of hydrogen-bond donors (Lipinski definition) is 2. The molecule has 0 unspecified atom stereocenters. The summed E-state index contributed by atoms with van der Waals surface area (Å²) in [6.07, 6.45) is 0.192. The molecule has 0 amide bonds. The molecule has 0 radical (unpaired) electrons. The van der Waals surface area contributed by atoms with Gasteiger partial charge in [-0.05, 0) is 48.0 Å². The molecule has 2 N–H and O–H groups in total. The standard InChI is InChI=1S/C22H16BrCl3N2O/c23-13-3-1-2-12(8-13)19-11-20(17-9-14(24)5-7-21(17)29)28-22(27-19)16-6-4-15(25)10-18(16)26/h1-10,20,22,28-29H,11H2/t20-,22+/m0/s1. The molecule has 1 aliphatic heterocycles. The highest BCUT2D eigenvalue weighted by atomic mass is 79.9. The van der Waals surface area contributed by atoms with E-state index in [1.165, 1.54) is 0 Å². The minimum absolute atomic E-state index is 0.184. The average molecular weight is 511 g/mol. The van der Waals surface area contributed by atoms with Gasteiger partial charge in [0.15, 0.2) is 0 Å². The van der Waals surface area contributed by atoms with Gasteiger partial charge in [0.2, 0.25) is 0 Å². The second-order valence-corrected chi connectivity index (χ2v) is 8.98. The molecule has 3 nitrogen and oxygen atoms in total. The highest BCUT2D eigenvalue weighted by molar-refractivity contribution is 9.10. The molecule has 0 aliphatic carbocycles. The van der Waals surface area contributed by atoms with Gasteiger partial charge in [0.05, 0.1) is 0 Å². The predicted octanol–water partition coefficient (Wildman–Crippen LogP) is 7.34. The quantitative estimate of drug-likeness (QED) is 0.387. The van der Waals surface area contributed by atoms with Crippen molar-refractivity contribution in [3.63, 3.8) is 0 Å². The average Bonchev–Trinajstić information content (AvgIpc) is 2.69. The molecule has 0 spiro atoms. The van der Waals surface area contributed by atoms with Crippen molar-refractivity contribution in [3.05, 3.63) is 96.9 Å². The van der Waals surface area contributed by atoms with Gasteiger partial charge in [0.1, 0.15) is 11.9 Å². The van der Waals surface area contributed by atoms with Gasteiger partial charge < -0.3 is 5.11 Å². The first kappa shape index (κ1) is 20.7. The Labute approximate surface area is 192 Å². The van der Waals surface area contributed by atoms with Crippen LogP contribution in [0.25, 0.3) is 0 Å². The molecule has 1 heterocycles. The lowest BCUT2D eigenvalue weighted by molar-refractivity contribution is 0.413. The highest BCUT2D eigenvalue weighted by Gasteiger charge is 2.29. The SMILES string of the molecule is Oc1ccc(Cl)cc1[C@@H]1CC(c2cccc(Br)c2)=N[C@@H](c2ccc(Cl)cc2Cl)N1. The van der Waals surface area contributed by atoms with Gasteiger partial charge in [-0.25, -0.2) is 0 Å². The van der Waals surface area contributed by atoms with E-state index in [-0.39, 0.29) is 11.8 Å². The van der Waals surface area contributed by atoms with Crippen LogP contribution < -0.4 is 5.32 Å². The Morgan fingerprint density at radius 3 is 2.45 bits per heavy atom. The van der Waals surface area contributed by atoms with E-state index in [1.807, 2.05) is 30.3 Å². The van der Waals surface area contributed by atoms with E-state index < -0.39 is 6.17 Å². The summed E-state index contributed by atoms with van der Waals surface area (Å²) in [6, 6.07) is 18.2. The van der Waals surface area contributed by atoms with Crippen LogP contribution in [0.3, 0.4) is 0 Å². The van der Waals surface area contributed by atoms with Crippen molar-refractivity contribution in [1.82, 2.24) is 5.32 Å². The van der Waals surface area contributed by atoms with Crippen LogP contribution in [0.5, 0.6) is 5.75 Å². The molecule has 2 atom stereocenters. The van der Waals surface area contributed by atoms with Crippen LogP contribution in [-0.4, -0.2) is 10.8 Å². The topological polar surface area (TPSA) is 44.6 Å². The number of benzene rings is 3. The molecule has 3 aromatic carbocycles. The first-order valence-electron chi connectivity index (χ1n) is 8.93. The highest BCUT2D eigenvalue weighted by Crippen LogP contribution is 2.37. The second kappa shape index (κ2) is 8.66. The Kier molecular flexibility index (Phi) is 6.19. The number of hydrogen-bond acceptors (Lipinski definition) is 3. The van der Waals surface area contributed by atoms with Gasteiger partial charge in [0, 0.05) is 48.8 Å². The number of aromatic hydroxyl groups is 1. The van der Waals surface area contributed by atoms with E-state index in [4.69, 9.17) is 39.8 Å². The van der Waals surface area contributed by atoms with Gasteiger partial charge in [-0.2, -0.15) is 0 Å². The lowest BCUT2D eigenvalue weighted by Crippen LogP contribution is -2.33. The lowest BCUT2D eigenvalue weighted by Gasteiger charge is -2.31. The van der Waals surface area contributed by atoms with Gasteiger partial charge >= 0.3 is 0 Å². The zero-order chi connectivity index (χ0) is 20.5. The third-order valence-corrected chi connectivity index (χ3v) is 6.11.